The maximum atomic E-state index is 11.0. The molecule has 0 saturated carbocycles. The molecule has 1 N–H and O–H groups in total. The molecule has 0 aliphatic heterocycles. The lowest BCUT2D eigenvalue weighted by atomic mass is 10.1. The number of fused-ring (bicyclic) bond motifs is 1. The average molecular weight is 389 g/mol. The summed E-state index contributed by atoms with van der Waals surface area (Å²) >= 11 is 0. The molecule has 0 spiro atoms. The van der Waals surface area contributed by atoms with Crippen LogP contribution < -0.4 is 4.74 Å². The summed E-state index contributed by atoms with van der Waals surface area (Å²) in [5.41, 5.74) is 3.12. The van der Waals surface area contributed by atoms with Gasteiger partial charge in [-0.2, -0.15) is 0 Å². The number of nitrogens with zero attached hydrogens (tertiary/aromatic N) is 3. The first-order valence-corrected chi connectivity index (χ1v) is 8.68. The fraction of sp³-hybridized carbons (Fsp3) is 0.0476. The zero-order chi connectivity index (χ0) is 20.4. The summed E-state index contributed by atoms with van der Waals surface area (Å²) in [7, 11) is 0. The number of hydrogen-bond donors (Lipinski definition) is 1. The number of hydrogen-bond acceptors (Lipinski definition) is 5. The van der Waals surface area contributed by atoms with E-state index in [4.69, 9.17) is 9.84 Å². The van der Waals surface area contributed by atoms with Gasteiger partial charge in [0.25, 0.3) is 5.69 Å². The highest BCUT2D eigenvalue weighted by molar-refractivity contribution is 5.87. The van der Waals surface area contributed by atoms with Gasteiger partial charge in [-0.05, 0) is 48.0 Å². The van der Waals surface area contributed by atoms with Crippen molar-refractivity contribution in [2.45, 2.75) is 6.61 Å². The molecule has 4 aromatic rings. The summed E-state index contributed by atoms with van der Waals surface area (Å²) in [5, 5.41) is 19.9. The fourth-order valence-electron chi connectivity index (χ4n) is 2.91. The van der Waals surface area contributed by atoms with Crippen LogP contribution in [-0.4, -0.2) is 25.4 Å². The predicted octanol–water partition coefficient (Wildman–Crippen LogP) is 4.19. The molecule has 4 rings (SSSR count). The summed E-state index contributed by atoms with van der Waals surface area (Å²) in [5.74, 6) is -0.345. The van der Waals surface area contributed by atoms with Gasteiger partial charge >= 0.3 is 5.97 Å². The molecule has 29 heavy (non-hydrogen) atoms. The normalized spacial score (nSPS) is 10.8. The molecule has 0 atom stereocenters. The van der Waals surface area contributed by atoms with Crippen molar-refractivity contribution in [1.29, 1.82) is 0 Å². The van der Waals surface area contributed by atoms with Crippen LogP contribution in [0.5, 0.6) is 5.75 Å². The van der Waals surface area contributed by atoms with Gasteiger partial charge in [0.05, 0.1) is 22.4 Å². The van der Waals surface area contributed by atoms with E-state index < -0.39 is 10.9 Å². The summed E-state index contributed by atoms with van der Waals surface area (Å²) in [4.78, 5) is 26.0. The highest BCUT2D eigenvalue weighted by Gasteiger charge is 2.10. The number of pyridine rings is 1. The summed E-state index contributed by atoms with van der Waals surface area (Å²) in [6, 6.07) is 16.9. The van der Waals surface area contributed by atoms with Gasteiger partial charge in [0, 0.05) is 17.8 Å². The molecule has 0 radical (unpaired) electrons. The van der Waals surface area contributed by atoms with Crippen LogP contribution in [0.3, 0.4) is 0 Å². The van der Waals surface area contributed by atoms with Crippen molar-refractivity contribution in [2.75, 3.05) is 0 Å². The molecule has 0 fully saturated rings. The van der Waals surface area contributed by atoms with Gasteiger partial charge in [-0.1, -0.05) is 12.1 Å². The minimum absolute atomic E-state index is 0.00262. The number of imidazole rings is 1. The lowest BCUT2D eigenvalue weighted by Crippen LogP contribution is -2.00. The molecular formula is C21H15N3O5. The van der Waals surface area contributed by atoms with E-state index in [0.717, 1.165) is 11.1 Å². The lowest BCUT2D eigenvalue weighted by Gasteiger charge is -2.07. The molecule has 2 aromatic carbocycles. The number of carbonyl (C=O) groups is 1. The van der Waals surface area contributed by atoms with Crippen LogP contribution >= 0.6 is 0 Å². The fourth-order valence-corrected chi connectivity index (χ4v) is 2.91. The van der Waals surface area contributed by atoms with Crippen LogP contribution in [0.25, 0.3) is 16.9 Å². The quantitative estimate of drug-likeness (QED) is 0.391. The molecule has 0 aliphatic rings. The molecule has 8 heteroatoms. The molecule has 0 bridgehead atoms. The summed E-state index contributed by atoms with van der Waals surface area (Å²) < 4.78 is 7.34. The zero-order valence-corrected chi connectivity index (χ0v) is 15.1. The third-order valence-electron chi connectivity index (χ3n) is 4.38. The first-order chi connectivity index (χ1) is 14.0. The number of rotatable bonds is 6. The van der Waals surface area contributed by atoms with E-state index in [0.29, 0.717) is 17.1 Å². The first kappa shape index (κ1) is 18.2. The molecule has 2 aromatic heterocycles. The number of aromatic carboxylic acids is 1. The monoisotopic (exact) mass is 389 g/mol. The predicted molar refractivity (Wildman–Crippen MR) is 105 cm³/mol. The second-order valence-electron chi connectivity index (χ2n) is 6.35. The minimum atomic E-state index is -0.978. The van der Waals surface area contributed by atoms with Gasteiger partial charge in [0.1, 0.15) is 18.0 Å². The Balaban J connectivity index is 1.49. The van der Waals surface area contributed by atoms with Crippen LogP contribution in [0.1, 0.15) is 15.9 Å². The maximum absolute atomic E-state index is 11.0. The van der Waals surface area contributed by atoms with Crippen LogP contribution in [0.2, 0.25) is 0 Å². The van der Waals surface area contributed by atoms with Gasteiger partial charge in [0.2, 0.25) is 0 Å². The molecule has 2 heterocycles. The van der Waals surface area contributed by atoms with Crippen molar-refractivity contribution >= 4 is 17.3 Å². The molecular weight excluding hydrogens is 374 g/mol. The Kier molecular flexibility index (Phi) is 4.66. The second-order valence-corrected chi connectivity index (χ2v) is 6.35. The van der Waals surface area contributed by atoms with E-state index in [-0.39, 0.29) is 17.9 Å². The highest BCUT2D eigenvalue weighted by Crippen LogP contribution is 2.24. The minimum Gasteiger partial charge on any atom is -0.489 e. The first-order valence-electron chi connectivity index (χ1n) is 8.68. The Labute approximate surface area is 164 Å². The molecule has 0 unspecified atom stereocenters. The van der Waals surface area contributed by atoms with Crippen molar-refractivity contribution < 1.29 is 19.6 Å². The standard InChI is InChI=1S/C21H15N3O5/c25-21(26)16-3-1-2-14(10-16)13-29-18-7-4-15(5-8-18)19-12-23-11-17(24(27)28)6-9-20(23)22-19/h1-12H,13H2,(H,25,26). The van der Waals surface area contributed by atoms with Gasteiger partial charge in [-0.25, -0.2) is 9.78 Å². The molecule has 144 valence electrons. The number of benzene rings is 2. The van der Waals surface area contributed by atoms with Crippen LogP contribution in [0.15, 0.2) is 73.1 Å². The van der Waals surface area contributed by atoms with Gasteiger partial charge in [0.15, 0.2) is 0 Å². The molecule has 8 nitrogen and oxygen atoms in total. The smallest absolute Gasteiger partial charge is 0.335 e. The zero-order valence-electron chi connectivity index (χ0n) is 15.1. The van der Waals surface area contributed by atoms with Crippen LogP contribution in [0.4, 0.5) is 5.69 Å². The molecule has 0 aliphatic carbocycles. The van der Waals surface area contributed by atoms with E-state index in [2.05, 4.69) is 4.98 Å². The Bertz CT molecular complexity index is 1210. The average Bonchev–Trinajstić information content (AvgIpc) is 3.16. The summed E-state index contributed by atoms with van der Waals surface area (Å²) in [6.07, 6.45) is 3.16. The van der Waals surface area contributed by atoms with E-state index in [1.807, 2.05) is 12.1 Å². The SMILES string of the molecule is O=C(O)c1cccc(COc2ccc(-c3cn4cc([N+](=O)[O-])ccc4n3)cc2)c1. The van der Waals surface area contributed by atoms with E-state index >= 15 is 0 Å². The lowest BCUT2D eigenvalue weighted by molar-refractivity contribution is -0.385. The number of ether oxygens (including phenoxy) is 1. The Morgan fingerprint density at radius 3 is 2.62 bits per heavy atom. The van der Waals surface area contributed by atoms with Crippen molar-refractivity contribution in [1.82, 2.24) is 9.38 Å². The largest absolute Gasteiger partial charge is 0.489 e. The van der Waals surface area contributed by atoms with Crippen LogP contribution in [0, 0.1) is 10.1 Å². The highest BCUT2D eigenvalue weighted by atomic mass is 16.6. The van der Waals surface area contributed by atoms with E-state index in [1.165, 1.54) is 18.3 Å². The van der Waals surface area contributed by atoms with Crippen molar-refractivity contribution in [3.8, 4) is 17.0 Å². The molecule has 0 saturated heterocycles. The Morgan fingerprint density at radius 1 is 1.10 bits per heavy atom. The van der Waals surface area contributed by atoms with Crippen molar-refractivity contribution in [3.05, 3.63) is 94.3 Å². The maximum Gasteiger partial charge on any atom is 0.335 e. The van der Waals surface area contributed by atoms with E-state index in [9.17, 15) is 14.9 Å². The van der Waals surface area contributed by atoms with Crippen LogP contribution in [-0.2, 0) is 6.61 Å². The second kappa shape index (κ2) is 7.43. The van der Waals surface area contributed by atoms with Crippen molar-refractivity contribution in [3.63, 3.8) is 0 Å². The van der Waals surface area contributed by atoms with Gasteiger partial charge in [-0.15, -0.1) is 0 Å². The number of aromatic nitrogens is 2. The topological polar surface area (TPSA) is 107 Å². The number of carboxylic acids is 1. The van der Waals surface area contributed by atoms with Crippen molar-refractivity contribution in [2.24, 2.45) is 0 Å². The molecule has 0 amide bonds. The summed E-state index contributed by atoms with van der Waals surface area (Å²) in [6.45, 7) is 0.249. The number of carboxylic acid groups (broad SMARTS) is 1. The van der Waals surface area contributed by atoms with Gasteiger partial charge in [-0.3, -0.25) is 14.5 Å². The Hall–Kier alpha value is -4.20. The van der Waals surface area contributed by atoms with Gasteiger partial charge < -0.3 is 9.84 Å². The third kappa shape index (κ3) is 3.91. The third-order valence-corrected chi connectivity index (χ3v) is 4.38. The Morgan fingerprint density at radius 2 is 1.90 bits per heavy atom. The number of nitro groups is 1. The van der Waals surface area contributed by atoms with E-state index in [1.54, 1.807) is 47.0 Å².